The van der Waals surface area contributed by atoms with Gasteiger partial charge in [0.05, 0.1) is 25.4 Å². The van der Waals surface area contributed by atoms with Crippen LogP contribution in [0, 0.1) is 0 Å². The topological polar surface area (TPSA) is 95.9 Å². The number of aliphatic hydroxyl groups is 2. The minimum absolute atomic E-state index is 0.00982. The summed E-state index contributed by atoms with van der Waals surface area (Å²) in [4.78, 5) is 24.5. The minimum atomic E-state index is -0.847. The van der Waals surface area contributed by atoms with E-state index in [9.17, 15) is 19.8 Å². The number of hydrogen-bond acceptors (Lipinski definition) is 5. The van der Waals surface area contributed by atoms with Gasteiger partial charge in [-0.2, -0.15) is 0 Å². The van der Waals surface area contributed by atoms with Gasteiger partial charge in [0.25, 0.3) is 0 Å². The first kappa shape index (κ1) is 65.6. The normalized spacial score (nSPS) is 12.6. The first-order chi connectivity index (χ1) is 33.0. The van der Waals surface area contributed by atoms with E-state index < -0.39 is 12.1 Å². The van der Waals surface area contributed by atoms with Crippen molar-refractivity contribution in [2.45, 2.75) is 353 Å². The highest BCUT2D eigenvalue weighted by molar-refractivity contribution is 5.76. The summed E-state index contributed by atoms with van der Waals surface area (Å²) in [5.74, 6) is -0.0615. The molecule has 0 aromatic heterocycles. The highest BCUT2D eigenvalue weighted by Gasteiger charge is 2.18. The molecule has 0 aromatic carbocycles. The summed E-state index contributed by atoms with van der Waals surface area (Å²) in [6.45, 7) is 4.92. The summed E-state index contributed by atoms with van der Waals surface area (Å²) >= 11 is 0. The van der Waals surface area contributed by atoms with Crippen molar-refractivity contribution in [3.05, 3.63) is 12.2 Å². The zero-order valence-corrected chi connectivity index (χ0v) is 45.4. The molecule has 398 valence electrons. The van der Waals surface area contributed by atoms with Gasteiger partial charge in [0.1, 0.15) is 0 Å². The molecule has 0 spiro atoms. The molecule has 0 aromatic rings. The molecule has 0 aliphatic heterocycles. The molecule has 3 N–H and O–H groups in total. The lowest BCUT2D eigenvalue weighted by molar-refractivity contribution is -0.143. The second kappa shape index (κ2) is 57.2. The maximum Gasteiger partial charge on any atom is 0.305 e. The average Bonchev–Trinajstić information content (AvgIpc) is 3.33. The predicted molar refractivity (Wildman–Crippen MR) is 292 cm³/mol. The SMILES string of the molecule is CCCCCCCCCCCCCC/C=C/C(O)C(CO)NC(=O)CCCCCCCCCCCCCCCCCCCOC(=O)CCCCCCCCCCCCCCCCCCCCC. The summed E-state index contributed by atoms with van der Waals surface area (Å²) < 4.78 is 5.50. The van der Waals surface area contributed by atoms with Crippen LogP contribution < -0.4 is 5.32 Å². The fraction of sp³-hybridized carbons (Fsp3) is 0.934. The summed E-state index contributed by atoms with van der Waals surface area (Å²) in [6.07, 6.45) is 68.1. The largest absolute Gasteiger partial charge is 0.466 e. The monoisotopic (exact) mass is 946 g/mol. The molecular weight excluding hydrogens is 827 g/mol. The zero-order chi connectivity index (χ0) is 48.6. The molecule has 6 nitrogen and oxygen atoms in total. The number of carbonyl (C=O) groups is 2. The van der Waals surface area contributed by atoms with Crippen LogP contribution in [-0.4, -0.2) is 47.4 Å². The van der Waals surface area contributed by atoms with E-state index in [2.05, 4.69) is 19.2 Å². The van der Waals surface area contributed by atoms with Crippen molar-refractivity contribution in [2.24, 2.45) is 0 Å². The molecule has 1 amide bonds. The van der Waals surface area contributed by atoms with Crippen LogP contribution in [0.25, 0.3) is 0 Å². The second-order valence-corrected chi connectivity index (χ2v) is 21.0. The first-order valence-corrected chi connectivity index (χ1v) is 30.5. The van der Waals surface area contributed by atoms with E-state index >= 15 is 0 Å². The van der Waals surface area contributed by atoms with Crippen molar-refractivity contribution in [3.63, 3.8) is 0 Å². The molecule has 2 atom stereocenters. The molecule has 0 fully saturated rings. The Morgan fingerprint density at radius 2 is 0.687 bits per heavy atom. The van der Waals surface area contributed by atoms with Gasteiger partial charge in [-0.1, -0.05) is 309 Å². The molecule has 0 aliphatic carbocycles. The van der Waals surface area contributed by atoms with Crippen molar-refractivity contribution < 1.29 is 24.5 Å². The van der Waals surface area contributed by atoms with Crippen LogP contribution in [0.5, 0.6) is 0 Å². The minimum Gasteiger partial charge on any atom is -0.466 e. The Kier molecular flexibility index (Phi) is 56.0. The summed E-state index contributed by atoms with van der Waals surface area (Å²) in [5.41, 5.74) is 0. The molecule has 0 bridgehead atoms. The van der Waals surface area contributed by atoms with Gasteiger partial charge < -0.3 is 20.3 Å². The highest BCUT2D eigenvalue weighted by Crippen LogP contribution is 2.18. The Labute approximate surface area is 419 Å². The van der Waals surface area contributed by atoms with E-state index in [1.165, 1.54) is 276 Å². The molecule has 0 rings (SSSR count). The molecule has 0 aliphatic rings. The van der Waals surface area contributed by atoms with Crippen LogP contribution in [0.1, 0.15) is 341 Å². The molecule has 6 heteroatoms. The molecule has 0 saturated carbocycles. The number of rotatable bonds is 57. The van der Waals surface area contributed by atoms with E-state index in [1.54, 1.807) is 6.08 Å². The average molecular weight is 947 g/mol. The third kappa shape index (κ3) is 53.8. The molecule has 0 saturated heterocycles. The van der Waals surface area contributed by atoms with Crippen LogP contribution in [0.15, 0.2) is 12.2 Å². The number of allylic oxidation sites excluding steroid dienone is 1. The Hall–Kier alpha value is -1.40. The molecule has 2 unspecified atom stereocenters. The lowest BCUT2D eigenvalue weighted by Gasteiger charge is -2.20. The quantitative estimate of drug-likeness (QED) is 0.0321. The van der Waals surface area contributed by atoms with Crippen LogP contribution in [-0.2, 0) is 14.3 Å². The zero-order valence-electron chi connectivity index (χ0n) is 45.4. The molecule has 0 heterocycles. The van der Waals surface area contributed by atoms with Gasteiger partial charge in [-0.05, 0) is 32.1 Å². The lowest BCUT2D eigenvalue weighted by atomic mass is 10.0. The van der Waals surface area contributed by atoms with E-state index in [-0.39, 0.29) is 18.5 Å². The molecular formula is C61H119NO5. The number of unbranched alkanes of at least 4 members (excludes halogenated alkanes) is 46. The van der Waals surface area contributed by atoms with Gasteiger partial charge in [-0.3, -0.25) is 9.59 Å². The fourth-order valence-corrected chi connectivity index (χ4v) is 9.64. The number of ether oxygens (including phenoxy) is 1. The third-order valence-corrected chi connectivity index (χ3v) is 14.3. The summed E-state index contributed by atoms with van der Waals surface area (Å²) in [7, 11) is 0. The first-order valence-electron chi connectivity index (χ1n) is 30.5. The second-order valence-electron chi connectivity index (χ2n) is 21.0. The highest BCUT2D eigenvalue weighted by atomic mass is 16.5. The van der Waals surface area contributed by atoms with Crippen LogP contribution >= 0.6 is 0 Å². The van der Waals surface area contributed by atoms with E-state index in [1.807, 2.05) is 6.08 Å². The standard InChI is InChI=1S/C61H119NO5/c1-3-5-7-9-11-13-15-17-19-20-21-24-27-31-35-39-43-47-51-55-61(66)67-56-52-48-44-40-36-32-28-25-22-23-26-30-34-38-42-46-50-54-60(65)62-58(57-63)59(64)53-49-45-41-37-33-29-18-16-14-12-10-8-6-4-2/h49,53,58-59,63-64H,3-48,50-52,54-57H2,1-2H3,(H,62,65)/b53-49+. The third-order valence-electron chi connectivity index (χ3n) is 14.3. The van der Waals surface area contributed by atoms with Crippen LogP contribution in [0.3, 0.4) is 0 Å². The van der Waals surface area contributed by atoms with Gasteiger partial charge in [0.15, 0.2) is 0 Å². The van der Waals surface area contributed by atoms with Crippen molar-refractivity contribution >= 4 is 11.9 Å². The van der Waals surface area contributed by atoms with Gasteiger partial charge in [0.2, 0.25) is 5.91 Å². The Bertz CT molecular complexity index is 1000. The van der Waals surface area contributed by atoms with E-state index in [0.29, 0.717) is 19.4 Å². The Morgan fingerprint density at radius 3 is 1.01 bits per heavy atom. The van der Waals surface area contributed by atoms with Crippen molar-refractivity contribution in [1.82, 2.24) is 5.32 Å². The Morgan fingerprint density at radius 1 is 0.403 bits per heavy atom. The number of amides is 1. The maximum absolute atomic E-state index is 12.4. The summed E-state index contributed by atoms with van der Waals surface area (Å²) in [6, 6.07) is -0.630. The number of carbonyl (C=O) groups excluding carboxylic acids is 2. The number of nitrogens with one attached hydrogen (secondary N) is 1. The molecule has 67 heavy (non-hydrogen) atoms. The number of esters is 1. The van der Waals surface area contributed by atoms with Gasteiger partial charge in [0, 0.05) is 12.8 Å². The fourth-order valence-electron chi connectivity index (χ4n) is 9.64. The summed E-state index contributed by atoms with van der Waals surface area (Å²) in [5, 5.41) is 23.1. The smallest absolute Gasteiger partial charge is 0.305 e. The maximum atomic E-state index is 12.4. The van der Waals surface area contributed by atoms with Gasteiger partial charge >= 0.3 is 5.97 Å². The van der Waals surface area contributed by atoms with Gasteiger partial charge in [-0.25, -0.2) is 0 Å². The number of hydrogen-bond donors (Lipinski definition) is 3. The van der Waals surface area contributed by atoms with Gasteiger partial charge in [-0.15, -0.1) is 0 Å². The Balaban J connectivity index is 3.39. The lowest BCUT2D eigenvalue weighted by Crippen LogP contribution is -2.45. The van der Waals surface area contributed by atoms with E-state index in [4.69, 9.17) is 4.74 Å². The van der Waals surface area contributed by atoms with Crippen LogP contribution in [0.4, 0.5) is 0 Å². The van der Waals surface area contributed by atoms with E-state index in [0.717, 1.165) is 38.5 Å². The number of aliphatic hydroxyl groups excluding tert-OH is 2. The van der Waals surface area contributed by atoms with Crippen molar-refractivity contribution in [2.75, 3.05) is 13.2 Å². The van der Waals surface area contributed by atoms with Crippen molar-refractivity contribution in [1.29, 1.82) is 0 Å². The van der Waals surface area contributed by atoms with Crippen LogP contribution in [0.2, 0.25) is 0 Å². The molecule has 0 radical (unpaired) electrons. The van der Waals surface area contributed by atoms with Crippen molar-refractivity contribution in [3.8, 4) is 0 Å². The predicted octanol–water partition coefficient (Wildman–Crippen LogP) is 18.9.